The van der Waals surface area contributed by atoms with Gasteiger partial charge in [0.25, 0.3) is 0 Å². The van der Waals surface area contributed by atoms with Crippen molar-refractivity contribution in [2.45, 2.75) is 50.5 Å². The summed E-state index contributed by atoms with van der Waals surface area (Å²) in [6, 6.07) is 4.18. The van der Waals surface area contributed by atoms with E-state index in [1.165, 1.54) is 5.56 Å². The quantitative estimate of drug-likeness (QED) is 0.922. The molecular weight excluding hydrogens is 308 g/mol. The van der Waals surface area contributed by atoms with Gasteiger partial charge in [-0.15, -0.1) is 0 Å². The molecule has 3 nitrogen and oxygen atoms in total. The number of carboxylic acids is 1. The van der Waals surface area contributed by atoms with Crippen molar-refractivity contribution in [3.63, 3.8) is 0 Å². The van der Waals surface area contributed by atoms with Crippen molar-refractivity contribution in [1.29, 1.82) is 0 Å². The summed E-state index contributed by atoms with van der Waals surface area (Å²) in [5.41, 5.74) is 2.01. The highest BCUT2D eigenvalue weighted by Crippen LogP contribution is 2.53. The third-order valence-corrected chi connectivity index (χ3v) is 4.66. The molecule has 1 N–H and O–H groups in total. The second kappa shape index (κ2) is 3.98. The van der Waals surface area contributed by atoms with E-state index in [4.69, 9.17) is 9.84 Å². The summed E-state index contributed by atoms with van der Waals surface area (Å²) in [7, 11) is 0. The summed E-state index contributed by atoms with van der Waals surface area (Å²) in [4.78, 5) is 11.0. The zero-order chi connectivity index (χ0) is 13.8. The van der Waals surface area contributed by atoms with Crippen LogP contribution in [0.15, 0.2) is 16.6 Å². The molecule has 0 unspecified atom stereocenters. The Morgan fingerprint density at radius 1 is 1.42 bits per heavy atom. The van der Waals surface area contributed by atoms with Gasteiger partial charge in [0, 0.05) is 11.8 Å². The Balaban J connectivity index is 1.99. The highest BCUT2D eigenvalue weighted by molar-refractivity contribution is 9.10. The van der Waals surface area contributed by atoms with Gasteiger partial charge in [-0.05, 0) is 59.8 Å². The zero-order valence-electron chi connectivity index (χ0n) is 11.1. The number of hydrogen-bond donors (Lipinski definition) is 1. The standard InChI is InChI=1S/C15H17BrO3/c1-14(2)7-9-5-10(6-11(16)13(9)19-14)15(3-4-15)8-12(17)18/h5-6H,3-4,7-8H2,1-2H3,(H,17,18). The summed E-state index contributed by atoms with van der Waals surface area (Å²) in [5.74, 6) is 0.200. The molecule has 4 heteroatoms. The maximum atomic E-state index is 11.0. The summed E-state index contributed by atoms with van der Waals surface area (Å²) in [6.07, 6.45) is 3.03. The van der Waals surface area contributed by atoms with E-state index in [0.29, 0.717) is 0 Å². The largest absolute Gasteiger partial charge is 0.486 e. The average molecular weight is 325 g/mol. The van der Waals surface area contributed by atoms with Crippen molar-refractivity contribution in [2.24, 2.45) is 0 Å². The second-order valence-electron chi connectivity index (χ2n) is 6.34. The molecule has 0 spiro atoms. The maximum Gasteiger partial charge on any atom is 0.304 e. The first kappa shape index (κ1) is 13.0. The Morgan fingerprint density at radius 3 is 2.68 bits per heavy atom. The molecule has 1 aliphatic heterocycles. The van der Waals surface area contributed by atoms with E-state index in [1.54, 1.807) is 0 Å². The lowest BCUT2D eigenvalue weighted by molar-refractivity contribution is -0.137. The number of carboxylic acid groups (broad SMARTS) is 1. The van der Waals surface area contributed by atoms with E-state index >= 15 is 0 Å². The van der Waals surface area contributed by atoms with Gasteiger partial charge in [0.15, 0.2) is 0 Å². The molecule has 0 atom stereocenters. The molecule has 0 bridgehead atoms. The molecule has 102 valence electrons. The van der Waals surface area contributed by atoms with E-state index in [-0.39, 0.29) is 17.4 Å². The molecule has 2 aliphatic rings. The van der Waals surface area contributed by atoms with Crippen LogP contribution in [0.25, 0.3) is 0 Å². The van der Waals surface area contributed by atoms with E-state index in [0.717, 1.165) is 35.0 Å². The molecule has 0 amide bonds. The first-order valence-corrected chi connectivity index (χ1v) is 7.34. The van der Waals surface area contributed by atoms with Crippen LogP contribution in [0.2, 0.25) is 0 Å². The minimum absolute atomic E-state index is 0.143. The molecule has 1 fully saturated rings. The fourth-order valence-electron chi connectivity index (χ4n) is 2.98. The number of halogens is 1. The Bertz CT molecular complexity index is 559. The van der Waals surface area contributed by atoms with Crippen molar-refractivity contribution < 1.29 is 14.6 Å². The number of rotatable bonds is 3. The van der Waals surface area contributed by atoms with Gasteiger partial charge in [-0.1, -0.05) is 6.07 Å². The molecule has 1 heterocycles. The Kier molecular flexibility index (Phi) is 2.72. The van der Waals surface area contributed by atoms with Crippen molar-refractivity contribution >= 4 is 21.9 Å². The summed E-state index contributed by atoms with van der Waals surface area (Å²) >= 11 is 3.56. The highest BCUT2D eigenvalue weighted by Gasteiger charge is 2.47. The van der Waals surface area contributed by atoms with Crippen LogP contribution in [0.1, 0.15) is 44.2 Å². The molecule has 0 aromatic heterocycles. The lowest BCUT2D eigenvalue weighted by Gasteiger charge is -2.17. The van der Waals surface area contributed by atoms with Crippen LogP contribution in [0.3, 0.4) is 0 Å². The molecule has 1 aromatic rings. The topological polar surface area (TPSA) is 46.5 Å². The van der Waals surface area contributed by atoms with Crippen LogP contribution in [-0.4, -0.2) is 16.7 Å². The third-order valence-electron chi connectivity index (χ3n) is 4.07. The average Bonchev–Trinajstić information content (AvgIpc) is 2.95. The Morgan fingerprint density at radius 2 is 2.11 bits per heavy atom. The van der Waals surface area contributed by atoms with Gasteiger partial charge >= 0.3 is 5.97 Å². The molecule has 0 saturated heterocycles. The lowest BCUT2D eigenvalue weighted by atomic mass is 9.90. The molecule has 1 saturated carbocycles. The first-order valence-electron chi connectivity index (χ1n) is 6.55. The summed E-state index contributed by atoms with van der Waals surface area (Å²) in [6.45, 7) is 4.15. The molecule has 3 rings (SSSR count). The van der Waals surface area contributed by atoms with Crippen LogP contribution in [0.5, 0.6) is 5.75 Å². The van der Waals surface area contributed by atoms with Gasteiger partial charge in [-0.3, -0.25) is 4.79 Å². The normalized spacial score (nSPS) is 21.6. The first-order chi connectivity index (χ1) is 8.81. The summed E-state index contributed by atoms with van der Waals surface area (Å²) < 4.78 is 6.88. The Hall–Kier alpha value is -1.03. The molecule has 1 aromatic carbocycles. The molecular formula is C15H17BrO3. The number of ether oxygens (including phenoxy) is 1. The monoisotopic (exact) mass is 324 g/mol. The SMILES string of the molecule is CC1(C)Cc2cc(C3(CC(=O)O)CC3)cc(Br)c2O1. The van der Waals surface area contributed by atoms with E-state index < -0.39 is 5.97 Å². The Labute approximate surface area is 121 Å². The fraction of sp³-hybridized carbons (Fsp3) is 0.533. The van der Waals surface area contributed by atoms with Crippen LogP contribution in [-0.2, 0) is 16.6 Å². The van der Waals surface area contributed by atoms with Gasteiger partial charge in [-0.2, -0.15) is 0 Å². The number of carbonyl (C=O) groups is 1. The predicted octanol–water partition coefficient (Wildman–Crippen LogP) is 3.67. The van der Waals surface area contributed by atoms with Crippen molar-refractivity contribution in [3.05, 3.63) is 27.7 Å². The summed E-state index contributed by atoms with van der Waals surface area (Å²) in [5, 5.41) is 9.06. The van der Waals surface area contributed by atoms with Crippen LogP contribution < -0.4 is 4.74 Å². The van der Waals surface area contributed by atoms with Crippen molar-refractivity contribution in [1.82, 2.24) is 0 Å². The minimum Gasteiger partial charge on any atom is -0.486 e. The van der Waals surface area contributed by atoms with Crippen LogP contribution in [0.4, 0.5) is 0 Å². The van der Waals surface area contributed by atoms with E-state index in [2.05, 4.69) is 35.8 Å². The van der Waals surface area contributed by atoms with E-state index in [9.17, 15) is 4.79 Å². The maximum absolute atomic E-state index is 11.0. The number of fused-ring (bicyclic) bond motifs is 1. The number of benzene rings is 1. The van der Waals surface area contributed by atoms with Gasteiger partial charge in [-0.25, -0.2) is 0 Å². The van der Waals surface area contributed by atoms with Gasteiger partial charge < -0.3 is 9.84 Å². The lowest BCUT2D eigenvalue weighted by Crippen LogP contribution is -2.24. The fourth-order valence-corrected chi connectivity index (χ4v) is 3.56. The van der Waals surface area contributed by atoms with Gasteiger partial charge in [0.05, 0.1) is 10.9 Å². The molecule has 19 heavy (non-hydrogen) atoms. The second-order valence-corrected chi connectivity index (χ2v) is 7.19. The van der Waals surface area contributed by atoms with Crippen molar-refractivity contribution in [3.8, 4) is 5.75 Å². The minimum atomic E-state index is -0.717. The molecule has 1 aliphatic carbocycles. The highest BCUT2D eigenvalue weighted by atomic mass is 79.9. The van der Waals surface area contributed by atoms with Gasteiger partial charge in [0.2, 0.25) is 0 Å². The predicted molar refractivity (Wildman–Crippen MR) is 75.7 cm³/mol. The van der Waals surface area contributed by atoms with E-state index in [1.807, 2.05) is 6.07 Å². The van der Waals surface area contributed by atoms with Gasteiger partial charge in [0.1, 0.15) is 11.4 Å². The van der Waals surface area contributed by atoms with Crippen LogP contribution in [0, 0.1) is 0 Å². The zero-order valence-corrected chi connectivity index (χ0v) is 12.7. The number of hydrogen-bond acceptors (Lipinski definition) is 2. The third kappa shape index (κ3) is 2.27. The molecule has 0 radical (unpaired) electrons. The van der Waals surface area contributed by atoms with Crippen molar-refractivity contribution in [2.75, 3.05) is 0 Å². The van der Waals surface area contributed by atoms with Crippen LogP contribution >= 0.6 is 15.9 Å². The smallest absolute Gasteiger partial charge is 0.304 e. The number of aliphatic carboxylic acids is 1.